The summed E-state index contributed by atoms with van der Waals surface area (Å²) in [6.07, 6.45) is 7.86. The third-order valence-electron chi connectivity index (χ3n) is 4.47. The third kappa shape index (κ3) is 4.60. The fourth-order valence-electron chi connectivity index (χ4n) is 2.99. The highest BCUT2D eigenvalue weighted by Crippen LogP contribution is 2.26. The number of hydrogen-bond donors (Lipinski definition) is 1. The van der Waals surface area contributed by atoms with Gasteiger partial charge in [0.05, 0.1) is 0 Å². The maximum atomic E-state index is 12.4. The topological polar surface area (TPSA) is 63.1 Å². The van der Waals surface area contributed by atoms with Gasteiger partial charge in [0.15, 0.2) is 0 Å². The van der Waals surface area contributed by atoms with Crippen molar-refractivity contribution in [1.82, 2.24) is 20.1 Å². The Morgan fingerprint density at radius 1 is 1.20 bits per heavy atom. The van der Waals surface area contributed by atoms with Crippen molar-refractivity contribution in [2.45, 2.75) is 46.0 Å². The molecule has 7 heteroatoms. The minimum atomic E-state index is -0.0582. The van der Waals surface area contributed by atoms with E-state index in [0.717, 1.165) is 29.8 Å². The van der Waals surface area contributed by atoms with E-state index in [0.29, 0.717) is 18.2 Å². The number of nitrogens with one attached hydrogen (secondary N) is 1. The Labute approximate surface area is 153 Å². The van der Waals surface area contributed by atoms with Gasteiger partial charge in [0, 0.05) is 25.8 Å². The largest absolute Gasteiger partial charge is 0.351 e. The molecule has 0 saturated carbocycles. The van der Waals surface area contributed by atoms with E-state index in [9.17, 15) is 4.79 Å². The minimum Gasteiger partial charge on any atom is -0.351 e. The summed E-state index contributed by atoms with van der Waals surface area (Å²) in [6, 6.07) is 3.71. The summed E-state index contributed by atoms with van der Waals surface area (Å²) >= 11 is 1.55. The predicted octanol–water partition coefficient (Wildman–Crippen LogP) is 3.49. The Morgan fingerprint density at radius 2 is 1.92 bits per heavy atom. The number of rotatable bonds is 6. The lowest BCUT2D eigenvalue weighted by Crippen LogP contribution is -2.27. The van der Waals surface area contributed by atoms with E-state index < -0.39 is 0 Å². The fourth-order valence-corrected chi connectivity index (χ4v) is 3.89. The van der Waals surface area contributed by atoms with Gasteiger partial charge in [-0.3, -0.25) is 9.36 Å². The molecular weight excluding hydrogens is 334 g/mol. The van der Waals surface area contributed by atoms with Gasteiger partial charge in [-0.2, -0.15) is 0 Å². The predicted molar refractivity (Wildman–Crippen MR) is 102 cm³/mol. The molecule has 0 aliphatic carbocycles. The maximum Gasteiger partial charge on any atom is 0.268 e. The first-order valence-corrected chi connectivity index (χ1v) is 10.0. The van der Waals surface area contributed by atoms with Crippen molar-refractivity contribution in [3.05, 3.63) is 24.0 Å². The van der Waals surface area contributed by atoms with Crippen LogP contribution in [0.1, 0.15) is 56.4 Å². The van der Waals surface area contributed by atoms with Gasteiger partial charge in [0.25, 0.3) is 5.91 Å². The second-order valence-corrected chi connectivity index (χ2v) is 7.90. The van der Waals surface area contributed by atoms with E-state index in [1.807, 2.05) is 22.9 Å². The Bertz CT molecular complexity index is 685. The molecule has 3 rings (SSSR count). The Balaban J connectivity index is 1.70. The SMILES string of the molecule is CC(C)CCNC(=O)c1cccn1-c1nnc(N2CCCCCC2)s1. The molecule has 0 radical (unpaired) electrons. The summed E-state index contributed by atoms with van der Waals surface area (Å²) in [5.41, 5.74) is 0.613. The number of carbonyl (C=O) groups is 1. The second kappa shape index (κ2) is 8.47. The molecule has 1 fully saturated rings. The number of amides is 1. The summed E-state index contributed by atoms with van der Waals surface area (Å²) in [5.74, 6) is 0.517. The molecule has 0 spiro atoms. The van der Waals surface area contributed by atoms with Crippen molar-refractivity contribution >= 4 is 22.4 Å². The van der Waals surface area contributed by atoms with E-state index in [4.69, 9.17) is 0 Å². The molecule has 1 saturated heterocycles. The molecule has 2 aromatic rings. The molecule has 6 nitrogen and oxygen atoms in total. The van der Waals surface area contributed by atoms with Crippen molar-refractivity contribution < 1.29 is 4.79 Å². The van der Waals surface area contributed by atoms with Crippen LogP contribution in [0.25, 0.3) is 5.13 Å². The van der Waals surface area contributed by atoms with Crippen LogP contribution in [0.5, 0.6) is 0 Å². The molecule has 0 atom stereocenters. The standard InChI is InChI=1S/C18H27N5OS/c1-14(2)9-10-19-16(24)15-8-7-13-23(15)18-21-20-17(25-18)22-11-5-3-4-6-12-22/h7-8,13-14H,3-6,9-12H2,1-2H3,(H,19,24). The number of anilines is 1. The van der Waals surface area contributed by atoms with Crippen LogP contribution in [-0.2, 0) is 0 Å². The zero-order chi connectivity index (χ0) is 17.6. The van der Waals surface area contributed by atoms with E-state index >= 15 is 0 Å². The molecule has 0 unspecified atom stereocenters. The zero-order valence-corrected chi connectivity index (χ0v) is 15.9. The highest BCUT2D eigenvalue weighted by molar-refractivity contribution is 7.17. The molecule has 3 heterocycles. The summed E-state index contributed by atoms with van der Waals surface area (Å²) in [6.45, 7) is 7.09. The normalized spacial score (nSPS) is 15.4. The highest BCUT2D eigenvalue weighted by Gasteiger charge is 2.18. The van der Waals surface area contributed by atoms with E-state index in [1.165, 1.54) is 25.7 Å². The summed E-state index contributed by atoms with van der Waals surface area (Å²) < 4.78 is 1.84. The summed E-state index contributed by atoms with van der Waals surface area (Å²) in [5, 5.41) is 13.4. The molecule has 25 heavy (non-hydrogen) atoms. The summed E-state index contributed by atoms with van der Waals surface area (Å²) in [4.78, 5) is 14.8. The van der Waals surface area contributed by atoms with Gasteiger partial charge >= 0.3 is 0 Å². The third-order valence-corrected chi connectivity index (χ3v) is 5.46. The van der Waals surface area contributed by atoms with Crippen LogP contribution in [0.2, 0.25) is 0 Å². The van der Waals surface area contributed by atoms with Gasteiger partial charge in [-0.05, 0) is 37.3 Å². The number of aromatic nitrogens is 3. The van der Waals surface area contributed by atoms with Crippen molar-refractivity contribution in [3.8, 4) is 5.13 Å². The number of carbonyl (C=O) groups excluding carboxylic acids is 1. The zero-order valence-electron chi connectivity index (χ0n) is 15.1. The van der Waals surface area contributed by atoms with E-state index in [2.05, 4.69) is 34.3 Å². The fraction of sp³-hybridized carbons (Fsp3) is 0.611. The van der Waals surface area contributed by atoms with E-state index in [1.54, 1.807) is 11.3 Å². The summed E-state index contributed by atoms with van der Waals surface area (Å²) in [7, 11) is 0. The average molecular weight is 362 g/mol. The molecular formula is C18H27N5OS. The Hall–Kier alpha value is -1.89. The van der Waals surface area contributed by atoms with Gasteiger partial charge in [0.1, 0.15) is 5.69 Å². The molecule has 0 bridgehead atoms. The molecule has 1 amide bonds. The van der Waals surface area contributed by atoms with Crippen LogP contribution in [0, 0.1) is 5.92 Å². The monoisotopic (exact) mass is 361 g/mol. The van der Waals surface area contributed by atoms with Gasteiger partial charge in [-0.15, -0.1) is 10.2 Å². The van der Waals surface area contributed by atoms with Gasteiger partial charge < -0.3 is 10.2 Å². The van der Waals surface area contributed by atoms with Crippen LogP contribution < -0.4 is 10.2 Å². The second-order valence-electron chi connectivity index (χ2n) is 6.97. The average Bonchev–Trinajstić information content (AvgIpc) is 3.18. The van der Waals surface area contributed by atoms with Crippen molar-refractivity contribution in [3.63, 3.8) is 0 Å². The molecule has 1 N–H and O–H groups in total. The minimum absolute atomic E-state index is 0.0582. The first-order chi connectivity index (χ1) is 12.1. The smallest absolute Gasteiger partial charge is 0.268 e. The van der Waals surface area contributed by atoms with Crippen molar-refractivity contribution in [2.75, 3.05) is 24.5 Å². The first-order valence-electron chi connectivity index (χ1n) is 9.19. The van der Waals surface area contributed by atoms with Crippen molar-refractivity contribution in [2.24, 2.45) is 5.92 Å². The van der Waals surface area contributed by atoms with Crippen LogP contribution in [0.3, 0.4) is 0 Å². The quantitative estimate of drug-likeness (QED) is 0.855. The lowest BCUT2D eigenvalue weighted by Gasteiger charge is -2.17. The Morgan fingerprint density at radius 3 is 2.64 bits per heavy atom. The first kappa shape index (κ1) is 17.9. The maximum absolute atomic E-state index is 12.4. The van der Waals surface area contributed by atoms with Gasteiger partial charge in [0.2, 0.25) is 10.3 Å². The van der Waals surface area contributed by atoms with Crippen LogP contribution in [0.15, 0.2) is 18.3 Å². The van der Waals surface area contributed by atoms with Gasteiger partial charge in [-0.25, -0.2) is 0 Å². The van der Waals surface area contributed by atoms with Crippen LogP contribution in [0.4, 0.5) is 5.13 Å². The lowest BCUT2D eigenvalue weighted by atomic mass is 10.1. The molecule has 136 valence electrons. The van der Waals surface area contributed by atoms with Crippen molar-refractivity contribution in [1.29, 1.82) is 0 Å². The van der Waals surface area contributed by atoms with Gasteiger partial charge in [-0.1, -0.05) is 38.0 Å². The number of hydrogen-bond acceptors (Lipinski definition) is 5. The molecule has 0 aromatic carbocycles. The van der Waals surface area contributed by atoms with E-state index in [-0.39, 0.29) is 5.91 Å². The molecule has 1 aliphatic heterocycles. The molecule has 2 aromatic heterocycles. The number of nitrogens with zero attached hydrogens (tertiary/aromatic N) is 4. The lowest BCUT2D eigenvalue weighted by molar-refractivity contribution is 0.0945. The highest BCUT2D eigenvalue weighted by atomic mass is 32.1. The molecule has 1 aliphatic rings. The Kier molecular flexibility index (Phi) is 6.07. The van der Waals surface area contributed by atoms with Crippen LogP contribution in [-0.4, -0.2) is 40.3 Å². The van der Waals surface area contributed by atoms with Crippen LogP contribution >= 0.6 is 11.3 Å².